The summed E-state index contributed by atoms with van der Waals surface area (Å²) in [6.07, 6.45) is 1.71. The van der Waals surface area contributed by atoms with Crippen LogP contribution in [-0.4, -0.2) is 58.5 Å². The van der Waals surface area contributed by atoms with Gasteiger partial charge in [0.15, 0.2) is 0 Å². The Kier molecular flexibility index (Phi) is 11.8. The van der Waals surface area contributed by atoms with Crippen molar-refractivity contribution in [2.45, 2.75) is 51.1 Å². The zero-order valence-corrected chi connectivity index (χ0v) is 27.0. The third kappa shape index (κ3) is 8.25. The number of unbranched alkanes of at least 4 members (excludes halogenated alkanes) is 1. The maximum absolute atomic E-state index is 14.1. The van der Waals surface area contributed by atoms with Crippen LogP contribution < -0.4 is 19.1 Å². The molecule has 1 atom stereocenters. The van der Waals surface area contributed by atoms with E-state index in [0.717, 1.165) is 28.3 Å². The fraction of sp³-hybridized carbons (Fsp3) is 0.355. The predicted octanol–water partition coefficient (Wildman–Crippen LogP) is 5.30. The van der Waals surface area contributed by atoms with E-state index in [1.54, 1.807) is 62.6 Å². The number of aryl methyl sites for hydroxylation is 1. The number of methoxy groups -OCH3 is 2. The fourth-order valence-electron chi connectivity index (χ4n) is 4.26. The highest BCUT2D eigenvalue weighted by molar-refractivity contribution is 9.10. The number of nitrogens with zero attached hydrogens (tertiary/aromatic N) is 2. The highest BCUT2D eigenvalue weighted by Gasteiger charge is 2.33. The first-order valence-electron chi connectivity index (χ1n) is 13.6. The van der Waals surface area contributed by atoms with Gasteiger partial charge in [0.1, 0.15) is 24.1 Å². The Morgan fingerprint density at radius 1 is 1.00 bits per heavy atom. The Morgan fingerprint density at radius 2 is 1.71 bits per heavy atom. The van der Waals surface area contributed by atoms with E-state index >= 15 is 0 Å². The van der Waals surface area contributed by atoms with Gasteiger partial charge in [-0.25, -0.2) is 8.42 Å². The summed E-state index contributed by atoms with van der Waals surface area (Å²) < 4.78 is 40.2. The van der Waals surface area contributed by atoms with E-state index in [0.29, 0.717) is 28.2 Å². The van der Waals surface area contributed by atoms with E-state index < -0.39 is 28.5 Å². The first-order valence-corrected chi connectivity index (χ1v) is 15.9. The Hall–Kier alpha value is -3.57. The fourth-order valence-corrected chi connectivity index (χ4v) is 6.39. The summed E-state index contributed by atoms with van der Waals surface area (Å²) in [7, 11) is -1.17. The second kappa shape index (κ2) is 15.1. The summed E-state index contributed by atoms with van der Waals surface area (Å²) >= 11 is 3.36. The smallest absolute Gasteiger partial charge is 0.264 e. The largest absolute Gasteiger partial charge is 0.497 e. The zero-order chi connectivity index (χ0) is 30.9. The number of anilines is 1. The molecular formula is C31H38BrN3O6S. The zero-order valence-electron chi connectivity index (χ0n) is 24.6. The van der Waals surface area contributed by atoms with Crippen molar-refractivity contribution in [2.24, 2.45) is 0 Å². The Labute approximate surface area is 257 Å². The average molecular weight is 661 g/mol. The monoisotopic (exact) mass is 659 g/mol. The van der Waals surface area contributed by atoms with Gasteiger partial charge >= 0.3 is 0 Å². The molecule has 3 rings (SSSR count). The van der Waals surface area contributed by atoms with Crippen molar-refractivity contribution >= 4 is 43.5 Å². The maximum atomic E-state index is 14.1. The standard InChI is InChI=1S/C31H38BrN3O6S/c1-6-7-17-33-31(37)23(3)34(20-24-9-8-10-26(18-24)40-4)30(36)21-35(25-13-11-22(2)12-14-25)42(38,39)27-15-16-29(41-5)28(32)19-27/h8-16,18-19,23H,6-7,17,20-21H2,1-5H3,(H,33,37)/t23-/m1/s1. The van der Waals surface area contributed by atoms with Crippen molar-refractivity contribution in [1.82, 2.24) is 10.2 Å². The van der Waals surface area contributed by atoms with Crippen LogP contribution in [-0.2, 0) is 26.2 Å². The van der Waals surface area contributed by atoms with E-state index in [1.807, 2.05) is 19.9 Å². The van der Waals surface area contributed by atoms with Crippen LogP contribution in [0, 0.1) is 6.92 Å². The summed E-state index contributed by atoms with van der Waals surface area (Å²) in [6, 6.07) is 17.6. The molecule has 3 aromatic carbocycles. The van der Waals surface area contributed by atoms with Gasteiger partial charge in [0, 0.05) is 13.1 Å². The van der Waals surface area contributed by atoms with Crippen molar-refractivity contribution in [1.29, 1.82) is 0 Å². The van der Waals surface area contributed by atoms with Crippen LogP contribution in [0.3, 0.4) is 0 Å². The van der Waals surface area contributed by atoms with Crippen molar-refractivity contribution in [3.63, 3.8) is 0 Å². The summed E-state index contributed by atoms with van der Waals surface area (Å²) in [5.74, 6) is 0.226. The van der Waals surface area contributed by atoms with E-state index in [2.05, 4.69) is 21.2 Å². The van der Waals surface area contributed by atoms with Crippen molar-refractivity contribution in [2.75, 3.05) is 31.6 Å². The molecule has 0 saturated heterocycles. The molecule has 1 N–H and O–H groups in total. The number of sulfonamides is 1. The number of carbonyl (C=O) groups is 2. The van der Waals surface area contributed by atoms with Gasteiger partial charge in [0.05, 0.1) is 29.3 Å². The number of hydrogen-bond donors (Lipinski definition) is 1. The summed E-state index contributed by atoms with van der Waals surface area (Å²) in [4.78, 5) is 28.5. The number of halogens is 1. The minimum atomic E-state index is -4.21. The molecule has 9 nitrogen and oxygen atoms in total. The van der Waals surface area contributed by atoms with Crippen molar-refractivity contribution in [3.05, 3.63) is 82.3 Å². The Morgan fingerprint density at radius 3 is 2.33 bits per heavy atom. The van der Waals surface area contributed by atoms with Gasteiger partial charge in [-0.2, -0.15) is 0 Å². The lowest BCUT2D eigenvalue weighted by Gasteiger charge is -2.32. The molecule has 0 fully saturated rings. The Bertz CT molecular complexity index is 1480. The van der Waals surface area contributed by atoms with E-state index in [-0.39, 0.29) is 17.3 Å². The molecule has 3 aromatic rings. The molecule has 0 aliphatic carbocycles. The summed E-state index contributed by atoms with van der Waals surface area (Å²) in [6.45, 7) is 5.60. The molecule has 0 bridgehead atoms. The van der Waals surface area contributed by atoms with Gasteiger partial charge < -0.3 is 19.7 Å². The number of ether oxygens (including phenoxy) is 2. The third-order valence-corrected chi connectivity index (χ3v) is 9.19. The lowest BCUT2D eigenvalue weighted by atomic mass is 10.1. The van der Waals surface area contributed by atoms with Crippen molar-refractivity contribution < 1.29 is 27.5 Å². The molecule has 0 heterocycles. The molecule has 0 radical (unpaired) electrons. The van der Waals surface area contributed by atoms with Crippen LogP contribution in [0.2, 0.25) is 0 Å². The molecule has 0 saturated carbocycles. The molecule has 0 aliphatic rings. The van der Waals surface area contributed by atoms with Crippen LogP contribution in [0.1, 0.15) is 37.8 Å². The second-order valence-electron chi connectivity index (χ2n) is 9.84. The highest BCUT2D eigenvalue weighted by atomic mass is 79.9. The topological polar surface area (TPSA) is 105 Å². The SMILES string of the molecule is CCCCNC(=O)[C@@H](C)N(Cc1cccc(OC)c1)C(=O)CN(c1ccc(C)cc1)S(=O)(=O)c1ccc(OC)c(Br)c1. The number of nitrogens with one attached hydrogen (secondary N) is 1. The van der Waals surface area contributed by atoms with Gasteiger partial charge in [-0.3, -0.25) is 13.9 Å². The molecule has 2 amide bonds. The van der Waals surface area contributed by atoms with Gasteiger partial charge in [0.2, 0.25) is 11.8 Å². The van der Waals surface area contributed by atoms with Crippen LogP contribution in [0.15, 0.2) is 76.1 Å². The number of hydrogen-bond acceptors (Lipinski definition) is 6. The van der Waals surface area contributed by atoms with Crippen LogP contribution >= 0.6 is 15.9 Å². The predicted molar refractivity (Wildman–Crippen MR) is 167 cm³/mol. The molecule has 11 heteroatoms. The lowest BCUT2D eigenvalue weighted by molar-refractivity contribution is -0.139. The van der Waals surface area contributed by atoms with E-state index in [9.17, 15) is 18.0 Å². The van der Waals surface area contributed by atoms with Gasteiger partial charge in [0.25, 0.3) is 10.0 Å². The molecule has 0 unspecified atom stereocenters. The van der Waals surface area contributed by atoms with Crippen LogP contribution in [0.25, 0.3) is 0 Å². The molecule has 0 aliphatic heterocycles. The number of rotatable bonds is 14. The Balaban J connectivity index is 2.03. The number of amides is 2. The van der Waals surface area contributed by atoms with Gasteiger partial charge in [-0.15, -0.1) is 0 Å². The molecule has 226 valence electrons. The van der Waals surface area contributed by atoms with E-state index in [4.69, 9.17) is 9.47 Å². The van der Waals surface area contributed by atoms with Crippen LogP contribution in [0.4, 0.5) is 5.69 Å². The summed E-state index contributed by atoms with van der Waals surface area (Å²) in [5.41, 5.74) is 1.99. The second-order valence-corrected chi connectivity index (χ2v) is 12.6. The average Bonchev–Trinajstić information content (AvgIpc) is 2.98. The third-order valence-electron chi connectivity index (χ3n) is 6.80. The maximum Gasteiger partial charge on any atom is 0.264 e. The minimum Gasteiger partial charge on any atom is -0.497 e. The molecule has 0 spiro atoms. The first-order chi connectivity index (χ1) is 20.0. The van der Waals surface area contributed by atoms with Gasteiger partial charge in [-0.1, -0.05) is 43.2 Å². The number of benzene rings is 3. The normalized spacial score (nSPS) is 11.9. The molecule has 42 heavy (non-hydrogen) atoms. The van der Waals surface area contributed by atoms with E-state index in [1.165, 1.54) is 24.1 Å². The highest BCUT2D eigenvalue weighted by Crippen LogP contribution is 2.31. The summed E-state index contributed by atoms with van der Waals surface area (Å²) in [5, 5.41) is 2.88. The number of carbonyl (C=O) groups excluding carboxylic acids is 2. The van der Waals surface area contributed by atoms with Gasteiger partial charge in [-0.05, 0) is 84.2 Å². The lowest BCUT2D eigenvalue weighted by Crippen LogP contribution is -2.51. The minimum absolute atomic E-state index is 0.0201. The first kappa shape index (κ1) is 32.9. The van der Waals surface area contributed by atoms with Crippen LogP contribution in [0.5, 0.6) is 11.5 Å². The van der Waals surface area contributed by atoms with Crippen molar-refractivity contribution in [3.8, 4) is 11.5 Å². The quantitative estimate of drug-likeness (QED) is 0.235. The molecular weight excluding hydrogens is 622 g/mol. The molecule has 0 aromatic heterocycles.